The lowest BCUT2D eigenvalue weighted by Gasteiger charge is -2.02. The maximum atomic E-state index is 12.1. The molecule has 0 radical (unpaired) electrons. The molecule has 1 aromatic rings. The fraction of sp³-hybridized carbons (Fsp3) is 0.600. The summed E-state index contributed by atoms with van der Waals surface area (Å²) < 4.78 is 37.7. The van der Waals surface area contributed by atoms with Gasteiger partial charge in [-0.3, -0.25) is 9.48 Å². The van der Waals surface area contributed by atoms with Crippen LogP contribution < -0.4 is 0 Å². The Bertz CT molecular complexity index is 376. The van der Waals surface area contributed by atoms with E-state index in [-0.39, 0.29) is 0 Å². The van der Waals surface area contributed by atoms with Crippen LogP contribution in [0.5, 0.6) is 0 Å². The van der Waals surface area contributed by atoms with Crippen molar-refractivity contribution < 1.29 is 18.0 Å². The van der Waals surface area contributed by atoms with Gasteiger partial charge in [0.15, 0.2) is 0 Å². The predicted molar refractivity (Wildman–Crippen MR) is 60.2 cm³/mol. The number of aryl methyl sites for hydroxylation is 1. The van der Waals surface area contributed by atoms with Crippen LogP contribution in [0, 0.1) is 0 Å². The van der Waals surface area contributed by atoms with Gasteiger partial charge in [0.25, 0.3) is 5.78 Å². The Labute approximate surface area is 101 Å². The van der Waals surface area contributed by atoms with E-state index in [9.17, 15) is 18.0 Å². The molecule has 0 aromatic carbocycles. The Morgan fingerprint density at radius 2 is 2.24 bits per heavy atom. The lowest BCUT2D eigenvalue weighted by Crippen LogP contribution is -2.22. The summed E-state index contributed by atoms with van der Waals surface area (Å²) in [4.78, 5) is 10.9. The van der Waals surface area contributed by atoms with E-state index >= 15 is 0 Å². The summed E-state index contributed by atoms with van der Waals surface area (Å²) in [5, 5.41) is 3.73. The van der Waals surface area contributed by atoms with Crippen molar-refractivity contribution in [1.29, 1.82) is 0 Å². The van der Waals surface area contributed by atoms with E-state index < -0.39 is 17.5 Å². The zero-order valence-electron chi connectivity index (χ0n) is 9.33. The van der Waals surface area contributed by atoms with Gasteiger partial charge in [0.1, 0.15) is 0 Å². The Morgan fingerprint density at radius 1 is 1.53 bits per heavy atom. The first-order valence-electron chi connectivity index (χ1n) is 5.17. The average molecular weight is 266 g/mol. The second-order valence-corrected chi connectivity index (χ2v) is 4.76. The van der Waals surface area contributed by atoms with Crippen molar-refractivity contribution in [2.45, 2.75) is 26.1 Å². The van der Waals surface area contributed by atoms with Gasteiger partial charge in [-0.25, -0.2) is 0 Å². The summed E-state index contributed by atoms with van der Waals surface area (Å²) in [6, 6.07) is 0. The number of halogens is 3. The fourth-order valence-corrected chi connectivity index (χ4v) is 1.86. The molecule has 17 heavy (non-hydrogen) atoms. The standard InChI is InChI=1S/C10H13F3N2OS/c1-2-17-5-3-4-15-7-8(6-14-15)9(16)10(11,12)13/h6-7H,2-5H2,1H3. The van der Waals surface area contributed by atoms with Gasteiger partial charge in [0.2, 0.25) is 0 Å². The summed E-state index contributed by atoms with van der Waals surface area (Å²) in [6.45, 7) is 2.57. The largest absolute Gasteiger partial charge is 0.454 e. The van der Waals surface area contributed by atoms with Gasteiger partial charge in [0.05, 0.1) is 11.8 Å². The van der Waals surface area contributed by atoms with Gasteiger partial charge in [0, 0.05) is 12.7 Å². The fourth-order valence-electron chi connectivity index (χ4n) is 1.24. The van der Waals surface area contributed by atoms with E-state index in [2.05, 4.69) is 5.10 Å². The van der Waals surface area contributed by atoms with Crippen molar-refractivity contribution in [3.05, 3.63) is 18.0 Å². The Kier molecular flexibility index (Phi) is 5.04. The van der Waals surface area contributed by atoms with Crippen LogP contribution in [0.2, 0.25) is 0 Å². The molecule has 1 heterocycles. The average Bonchev–Trinajstić information content (AvgIpc) is 2.70. The van der Waals surface area contributed by atoms with E-state index in [1.165, 1.54) is 4.68 Å². The van der Waals surface area contributed by atoms with Crippen LogP contribution in [0.3, 0.4) is 0 Å². The van der Waals surface area contributed by atoms with Crippen LogP contribution in [0.25, 0.3) is 0 Å². The zero-order chi connectivity index (χ0) is 12.9. The molecule has 1 aromatic heterocycles. The van der Waals surface area contributed by atoms with Gasteiger partial charge in [-0.15, -0.1) is 0 Å². The van der Waals surface area contributed by atoms with Crippen molar-refractivity contribution >= 4 is 17.5 Å². The Morgan fingerprint density at radius 3 is 2.82 bits per heavy atom. The summed E-state index contributed by atoms with van der Waals surface area (Å²) in [5.74, 6) is 0.0993. The number of thioether (sulfide) groups is 1. The minimum absolute atomic E-state index is 0.402. The third kappa shape index (κ3) is 4.41. The Balaban J connectivity index is 2.51. The molecule has 96 valence electrons. The maximum absolute atomic E-state index is 12.1. The van der Waals surface area contributed by atoms with Crippen molar-refractivity contribution in [2.75, 3.05) is 11.5 Å². The SMILES string of the molecule is CCSCCCn1cc(C(=O)C(F)(F)F)cn1. The van der Waals surface area contributed by atoms with E-state index in [4.69, 9.17) is 0 Å². The minimum Gasteiger partial charge on any atom is -0.284 e. The number of nitrogens with zero attached hydrogens (tertiary/aromatic N) is 2. The minimum atomic E-state index is -4.83. The van der Waals surface area contributed by atoms with Crippen molar-refractivity contribution in [2.24, 2.45) is 0 Å². The molecule has 0 atom stereocenters. The predicted octanol–water partition coefficient (Wildman–Crippen LogP) is 2.77. The molecular formula is C10H13F3N2OS. The smallest absolute Gasteiger partial charge is 0.284 e. The lowest BCUT2D eigenvalue weighted by atomic mass is 10.2. The number of Topliss-reactive ketones (excluding diaryl/α,β-unsaturated/α-hetero) is 1. The number of ketones is 1. The van der Waals surface area contributed by atoms with Crippen molar-refractivity contribution in [1.82, 2.24) is 9.78 Å². The van der Waals surface area contributed by atoms with Crippen LogP contribution in [0.1, 0.15) is 23.7 Å². The summed E-state index contributed by atoms with van der Waals surface area (Å²) in [7, 11) is 0. The van der Waals surface area contributed by atoms with E-state index in [0.29, 0.717) is 6.54 Å². The first-order chi connectivity index (χ1) is 7.95. The molecule has 0 saturated heterocycles. The van der Waals surface area contributed by atoms with Gasteiger partial charge in [-0.2, -0.15) is 30.0 Å². The number of rotatable bonds is 6. The van der Waals surface area contributed by atoms with Crippen molar-refractivity contribution in [3.63, 3.8) is 0 Å². The lowest BCUT2D eigenvalue weighted by molar-refractivity contribution is -0.0885. The maximum Gasteiger partial charge on any atom is 0.454 e. The molecule has 0 aliphatic carbocycles. The summed E-state index contributed by atoms with van der Waals surface area (Å²) in [6.07, 6.45) is -1.90. The first kappa shape index (κ1) is 14.1. The third-order valence-corrected chi connectivity index (χ3v) is 3.02. The van der Waals surface area contributed by atoms with E-state index in [0.717, 1.165) is 30.3 Å². The molecule has 7 heteroatoms. The number of aromatic nitrogens is 2. The zero-order valence-corrected chi connectivity index (χ0v) is 10.1. The molecule has 0 spiro atoms. The van der Waals surface area contributed by atoms with Crippen molar-refractivity contribution in [3.8, 4) is 0 Å². The highest BCUT2D eigenvalue weighted by Crippen LogP contribution is 2.20. The number of hydrogen-bond acceptors (Lipinski definition) is 3. The number of alkyl halides is 3. The molecule has 0 amide bonds. The second-order valence-electron chi connectivity index (χ2n) is 3.37. The Hall–Kier alpha value is -0.980. The molecule has 0 bridgehead atoms. The molecule has 0 fully saturated rings. The highest BCUT2D eigenvalue weighted by molar-refractivity contribution is 7.99. The molecule has 0 aliphatic rings. The monoisotopic (exact) mass is 266 g/mol. The molecule has 0 unspecified atom stereocenters. The van der Waals surface area contributed by atoms with Crippen LogP contribution in [0.15, 0.2) is 12.4 Å². The second kappa shape index (κ2) is 6.09. The van der Waals surface area contributed by atoms with Crippen LogP contribution in [-0.4, -0.2) is 33.2 Å². The third-order valence-electron chi connectivity index (χ3n) is 2.03. The van der Waals surface area contributed by atoms with Gasteiger partial charge in [-0.1, -0.05) is 6.92 Å². The molecule has 3 nitrogen and oxygen atoms in total. The number of carbonyl (C=O) groups is 1. The van der Waals surface area contributed by atoms with E-state index in [1.807, 2.05) is 6.92 Å². The number of hydrogen-bond donors (Lipinski definition) is 0. The van der Waals surface area contributed by atoms with Crippen LogP contribution in [0.4, 0.5) is 13.2 Å². The molecular weight excluding hydrogens is 253 g/mol. The van der Waals surface area contributed by atoms with E-state index in [1.54, 1.807) is 11.8 Å². The summed E-state index contributed by atoms with van der Waals surface area (Å²) >= 11 is 1.76. The first-order valence-corrected chi connectivity index (χ1v) is 6.32. The normalized spacial score (nSPS) is 11.8. The molecule has 0 saturated carbocycles. The summed E-state index contributed by atoms with van der Waals surface area (Å²) in [5.41, 5.74) is -0.402. The molecule has 0 N–H and O–H groups in total. The molecule has 1 rings (SSSR count). The van der Waals surface area contributed by atoms with Gasteiger partial charge in [-0.05, 0) is 17.9 Å². The van der Waals surface area contributed by atoms with Gasteiger partial charge >= 0.3 is 6.18 Å². The topological polar surface area (TPSA) is 34.9 Å². The molecule has 0 aliphatic heterocycles. The van der Waals surface area contributed by atoms with Gasteiger partial charge < -0.3 is 0 Å². The highest BCUT2D eigenvalue weighted by atomic mass is 32.2. The van der Waals surface area contributed by atoms with Crippen LogP contribution in [-0.2, 0) is 6.54 Å². The highest BCUT2D eigenvalue weighted by Gasteiger charge is 2.39. The van der Waals surface area contributed by atoms with Crippen LogP contribution >= 0.6 is 11.8 Å². The quantitative estimate of drug-likeness (QED) is 0.586. The number of carbonyl (C=O) groups excluding carboxylic acids is 1.